The third-order valence-electron chi connectivity index (χ3n) is 2.99. The number of carbonyl (C=O) groups excluding carboxylic acids is 1. The normalized spacial score (nSPS) is 10.6. The van der Waals surface area contributed by atoms with Crippen LogP contribution >= 0.6 is 23.1 Å². The van der Waals surface area contributed by atoms with Crippen molar-refractivity contribution in [3.8, 4) is 0 Å². The maximum atomic E-state index is 12.2. The summed E-state index contributed by atoms with van der Waals surface area (Å²) in [5.74, 6) is 0.810. The largest absolute Gasteiger partial charge is 0.352 e. The zero-order chi connectivity index (χ0) is 15.1. The fourth-order valence-electron chi connectivity index (χ4n) is 1.88. The number of thioether (sulfide) groups is 1. The minimum absolute atomic E-state index is 0.0148. The fraction of sp³-hybridized carbons (Fsp3) is 0.375. The zero-order valence-corrected chi connectivity index (χ0v) is 14.0. The van der Waals surface area contributed by atoms with Crippen LogP contribution < -0.4 is 5.32 Å². The molecule has 0 aliphatic carbocycles. The molecule has 2 aromatic rings. The lowest BCUT2D eigenvalue weighted by Crippen LogP contribution is -2.24. The van der Waals surface area contributed by atoms with Crippen molar-refractivity contribution >= 4 is 29.0 Å². The van der Waals surface area contributed by atoms with Crippen molar-refractivity contribution in [3.05, 3.63) is 45.9 Å². The average Bonchev–Trinajstić information content (AvgIpc) is 2.91. The lowest BCUT2D eigenvalue weighted by molar-refractivity contribution is 0.0950. The van der Waals surface area contributed by atoms with Crippen LogP contribution in [-0.2, 0) is 5.75 Å². The van der Waals surface area contributed by atoms with Gasteiger partial charge in [0.2, 0.25) is 0 Å². The molecule has 112 valence electrons. The highest BCUT2D eigenvalue weighted by Crippen LogP contribution is 2.26. The highest BCUT2D eigenvalue weighted by molar-refractivity contribution is 7.98. The van der Waals surface area contributed by atoms with Crippen LogP contribution in [-0.4, -0.2) is 17.4 Å². The van der Waals surface area contributed by atoms with Gasteiger partial charge in [-0.3, -0.25) is 4.79 Å². The summed E-state index contributed by atoms with van der Waals surface area (Å²) in [5.41, 5.74) is 1.83. The van der Waals surface area contributed by atoms with Gasteiger partial charge in [-0.25, -0.2) is 4.98 Å². The number of thiazole rings is 1. The molecule has 21 heavy (non-hydrogen) atoms. The number of amides is 1. The van der Waals surface area contributed by atoms with E-state index < -0.39 is 0 Å². The number of hydrogen-bond donors (Lipinski definition) is 1. The maximum absolute atomic E-state index is 12.2. The third kappa shape index (κ3) is 4.86. The van der Waals surface area contributed by atoms with Crippen LogP contribution in [0.2, 0.25) is 0 Å². The Morgan fingerprint density at radius 1 is 1.38 bits per heavy atom. The van der Waals surface area contributed by atoms with Gasteiger partial charge in [-0.15, -0.1) is 23.1 Å². The minimum atomic E-state index is 0.0148. The molecule has 0 spiro atoms. The number of aryl methyl sites for hydroxylation is 1. The van der Waals surface area contributed by atoms with E-state index in [9.17, 15) is 4.79 Å². The third-order valence-corrected chi connectivity index (χ3v) is 4.92. The molecule has 0 radical (unpaired) electrons. The van der Waals surface area contributed by atoms with Crippen LogP contribution in [0.4, 0.5) is 0 Å². The molecule has 0 fully saturated rings. The van der Waals surface area contributed by atoms with Crippen molar-refractivity contribution < 1.29 is 4.79 Å². The Hall–Kier alpha value is -1.33. The monoisotopic (exact) mass is 320 g/mol. The Morgan fingerprint density at radius 3 is 2.90 bits per heavy atom. The highest BCUT2D eigenvalue weighted by Gasteiger charge is 2.11. The molecule has 1 N–H and O–H groups in total. The summed E-state index contributed by atoms with van der Waals surface area (Å²) >= 11 is 3.32. The molecule has 0 aliphatic rings. The minimum Gasteiger partial charge on any atom is -0.352 e. The summed E-state index contributed by atoms with van der Waals surface area (Å²) in [7, 11) is 0. The number of rotatable bonds is 7. The highest BCUT2D eigenvalue weighted by atomic mass is 32.2. The van der Waals surface area contributed by atoms with Gasteiger partial charge in [-0.2, -0.15) is 0 Å². The first-order valence-corrected chi connectivity index (χ1v) is 8.98. The molecule has 0 saturated heterocycles. The molecule has 1 heterocycles. The number of benzene rings is 1. The predicted octanol–water partition coefficient (Wildman–Crippen LogP) is 4.27. The Balaban J connectivity index is 2.00. The van der Waals surface area contributed by atoms with Crippen LogP contribution in [0.25, 0.3) is 0 Å². The SMILES string of the molecule is CCCCNC(=O)c1ccccc1SCc1csc(C)n1. The molecule has 0 aliphatic heterocycles. The number of nitrogens with one attached hydrogen (secondary N) is 1. The van der Waals surface area contributed by atoms with Crippen molar-refractivity contribution in [2.75, 3.05) is 6.54 Å². The average molecular weight is 320 g/mol. The van der Waals surface area contributed by atoms with E-state index in [1.165, 1.54) is 0 Å². The zero-order valence-electron chi connectivity index (χ0n) is 12.4. The van der Waals surface area contributed by atoms with Gasteiger partial charge in [-0.1, -0.05) is 25.5 Å². The molecule has 0 atom stereocenters. The lowest BCUT2D eigenvalue weighted by atomic mass is 10.2. The second-order valence-corrected chi connectivity index (χ2v) is 6.83. The van der Waals surface area contributed by atoms with E-state index in [1.54, 1.807) is 23.1 Å². The van der Waals surface area contributed by atoms with E-state index >= 15 is 0 Å². The molecule has 5 heteroatoms. The molecule has 1 aromatic carbocycles. The number of nitrogens with zero attached hydrogens (tertiary/aromatic N) is 1. The van der Waals surface area contributed by atoms with Crippen molar-refractivity contribution in [1.29, 1.82) is 0 Å². The number of aromatic nitrogens is 1. The molecule has 0 unspecified atom stereocenters. The quantitative estimate of drug-likeness (QED) is 0.612. The molecule has 3 nitrogen and oxygen atoms in total. The molecule has 2 rings (SSSR count). The number of unbranched alkanes of at least 4 members (excludes halogenated alkanes) is 1. The van der Waals surface area contributed by atoms with E-state index in [0.717, 1.165) is 46.3 Å². The number of carbonyl (C=O) groups is 1. The van der Waals surface area contributed by atoms with Crippen molar-refractivity contribution in [2.45, 2.75) is 37.3 Å². The topological polar surface area (TPSA) is 42.0 Å². The summed E-state index contributed by atoms with van der Waals surface area (Å²) in [6, 6.07) is 7.76. The van der Waals surface area contributed by atoms with Crippen LogP contribution in [0.1, 0.15) is 40.8 Å². The van der Waals surface area contributed by atoms with Gasteiger partial charge in [0.1, 0.15) is 0 Å². The maximum Gasteiger partial charge on any atom is 0.252 e. The first-order valence-electron chi connectivity index (χ1n) is 7.11. The van der Waals surface area contributed by atoms with Crippen molar-refractivity contribution in [2.24, 2.45) is 0 Å². The molecule has 1 amide bonds. The van der Waals surface area contributed by atoms with Crippen LogP contribution in [0.15, 0.2) is 34.5 Å². The first kappa shape index (κ1) is 16.0. The summed E-state index contributed by atoms with van der Waals surface area (Å²) in [5, 5.41) is 6.13. The van der Waals surface area contributed by atoms with E-state index in [1.807, 2.05) is 31.2 Å². The predicted molar refractivity (Wildman–Crippen MR) is 90.1 cm³/mol. The van der Waals surface area contributed by atoms with Gasteiger partial charge in [0.25, 0.3) is 5.91 Å². The van der Waals surface area contributed by atoms with Crippen LogP contribution in [0.3, 0.4) is 0 Å². The van der Waals surface area contributed by atoms with Gasteiger partial charge in [-0.05, 0) is 25.5 Å². The Kier molecular flexibility index (Phi) is 6.26. The van der Waals surface area contributed by atoms with Gasteiger partial charge in [0, 0.05) is 22.6 Å². The Bertz CT molecular complexity index is 595. The smallest absolute Gasteiger partial charge is 0.252 e. The van der Waals surface area contributed by atoms with E-state index in [-0.39, 0.29) is 5.91 Å². The van der Waals surface area contributed by atoms with Crippen LogP contribution in [0, 0.1) is 6.92 Å². The van der Waals surface area contributed by atoms with Crippen molar-refractivity contribution in [3.63, 3.8) is 0 Å². The Morgan fingerprint density at radius 2 is 2.19 bits per heavy atom. The Labute approximate surface area is 134 Å². The standard InChI is InChI=1S/C16H20N2OS2/c1-3-4-9-17-16(19)14-7-5-6-8-15(14)21-11-13-10-20-12(2)18-13/h5-8,10H,3-4,9,11H2,1-2H3,(H,17,19). The summed E-state index contributed by atoms with van der Waals surface area (Å²) in [6.45, 7) is 4.86. The van der Waals surface area contributed by atoms with E-state index in [2.05, 4.69) is 22.6 Å². The summed E-state index contributed by atoms with van der Waals surface area (Å²) in [6.07, 6.45) is 2.10. The first-order chi connectivity index (χ1) is 10.2. The lowest BCUT2D eigenvalue weighted by Gasteiger charge is -2.09. The second-order valence-electron chi connectivity index (χ2n) is 4.75. The summed E-state index contributed by atoms with van der Waals surface area (Å²) in [4.78, 5) is 17.7. The van der Waals surface area contributed by atoms with Crippen molar-refractivity contribution in [1.82, 2.24) is 10.3 Å². The molecule has 0 saturated carbocycles. The number of hydrogen-bond acceptors (Lipinski definition) is 4. The second kappa shape index (κ2) is 8.20. The van der Waals surface area contributed by atoms with Gasteiger partial charge >= 0.3 is 0 Å². The van der Waals surface area contributed by atoms with Gasteiger partial charge in [0.05, 0.1) is 16.3 Å². The molecule has 0 bridgehead atoms. The van der Waals surface area contributed by atoms with Gasteiger partial charge in [0.15, 0.2) is 0 Å². The molecule has 1 aromatic heterocycles. The molecular formula is C16H20N2OS2. The van der Waals surface area contributed by atoms with E-state index in [4.69, 9.17) is 0 Å². The fourth-order valence-corrected chi connectivity index (χ4v) is 3.54. The molecular weight excluding hydrogens is 300 g/mol. The van der Waals surface area contributed by atoms with Gasteiger partial charge < -0.3 is 5.32 Å². The summed E-state index contributed by atoms with van der Waals surface area (Å²) < 4.78 is 0. The van der Waals surface area contributed by atoms with E-state index in [0.29, 0.717) is 0 Å². The van der Waals surface area contributed by atoms with Crippen LogP contribution in [0.5, 0.6) is 0 Å².